The van der Waals surface area contributed by atoms with Crippen LogP contribution in [-0.2, 0) is 9.59 Å². The minimum Gasteiger partial charge on any atom is -0.289 e. The van der Waals surface area contributed by atoms with Crippen molar-refractivity contribution < 1.29 is 9.59 Å². The van der Waals surface area contributed by atoms with Gasteiger partial charge in [0, 0.05) is 17.2 Å². The first kappa shape index (κ1) is 12.3. The Hall–Kier alpha value is -2.74. The van der Waals surface area contributed by atoms with E-state index in [4.69, 9.17) is 0 Å². The maximum absolute atomic E-state index is 12.6. The van der Waals surface area contributed by atoms with E-state index in [1.165, 1.54) is 6.08 Å². The molecule has 0 amide bonds. The summed E-state index contributed by atoms with van der Waals surface area (Å²) in [5, 5.41) is 0. The van der Waals surface area contributed by atoms with Gasteiger partial charge in [0.2, 0.25) is 0 Å². The molecule has 0 saturated carbocycles. The molecule has 1 aliphatic rings. The van der Waals surface area contributed by atoms with Crippen LogP contribution in [0.2, 0.25) is 0 Å². The number of Topliss-reactive ketones (excluding diaryl/α,β-unsaturated/α-hetero) is 1. The van der Waals surface area contributed by atoms with Crippen LogP contribution in [-0.4, -0.2) is 11.6 Å². The number of carbonyl (C=O) groups is 2. The highest BCUT2D eigenvalue weighted by Crippen LogP contribution is 2.28. The van der Waals surface area contributed by atoms with E-state index in [1.54, 1.807) is 12.1 Å². The highest BCUT2D eigenvalue weighted by molar-refractivity contribution is 6.47. The lowest BCUT2D eigenvalue weighted by atomic mass is 9.87. The van der Waals surface area contributed by atoms with Gasteiger partial charge < -0.3 is 0 Å². The summed E-state index contributed by atoms with van der Waals surface area (Å²) < 4.78 is 0. The summed E-state index contributed by atoms with van der Waals surface area (Å²) in [5.74, 6) is -0.440. The van der Waals surface area contributed by atoms with Gasteiger partial charge in [-0.2, -0.15) is 0 Å². The van der Waals surface area contributed by atoms with E-state index in [0.29, 0.717) is 16.7 Å². The second-order valence-electron chi connectivity index (χ2n) is 4.48. The largest absolute Gasteiger partial charge is 0.289 e. The molecule has 3 rings (SSSR count). The number of hydrogen-bond donors (Lipinski definition) is 0. The molecule has 2 heteroatoms. The molecule has 1 radical (unpaired) electrons. The van der Waals surface area contributed by atoms with Crippen LogP contribution >= 0.6 is 0 Å². The zero-order valence-electron chi connectivity index (χ0n) is 10.7. The number of hydrogen-bond acceptors (Lipinski definition) is 2. The summed E-state index contributed by atoms with van der Waals surface area (Å²) in [6.45, 7) is 0. The molecule has 0 N–H and O–H groups in total. The zero-order chi connectivity index (χ0) is 13.9. The average Bonchev–Trinajstić information content (AvgIpc) is 2.51. The first-order chi connectivity index (χ1) is 9.75. The predicted molar refractivity (Wildman–Crippen MR) is 77.5 cm³/mol. The van der Waals surface area contributed by atoms with Gasteiger partial charge in [-0.1, -0.05) is 60.7 Å². The molecule has 0 atom stereocenters. The maximum atomic E-state index is 12.6. The van der Waals surface area contributed by atoms with Crippen LogP contribution in [0, 0.1) is 6.08 Å². The summed E-state index contributed by atoms with van der Waals surface area (Å²) in [4.78, 5) is 24.4. The summed E-state index contributed by atoms with van der Waals surface area (Å²) in [6, 6.07) is 18.4. The fourth-order valence-electron chi connectivity index (χ4n) is 2.19. The number of ketones is 2. The predicted octanol–water partition coefficient (Wildman–Crippen LogP) is 3.11. The number of allylic oxidation sites excluding steroid dienone is 4. The standard InChI is InChI=1S/C18H11O2/c19-15-11-16(13-7-3-1-4-8-13)18(20)17(12-15)14-9-5-2-6-10-14/h1-11H. The third-order valence-electron chi connectivity index (χ3n) is 3.14. The second-order valence-corrected chi connectivity index (χ2v) is 4.48. The quantitative estimate of drug-likeness (QED) is 0.776. The SMILES string of the molecule is O=C1[C]=C(c2ccccc2)C(=O)C(c2ccccc2)=C1. The highest BCUT2D eigenvalue weighted by Gasteiger charge is 2.24. The fourth-order valence-corrected chi connectivity index (χ4v) is 2.19. The molecule has 2 aromatic carbocycles. The fraction of sp³-hybridized carbons (Fsp3) is 0. The van der Waals surface area contributed by atoms with Gasteiger partial charge in [0.1, 0.15) is 0 Å². The van der Waals surface area contributed by atoms with Crippen LogP contribution in [0.5, 0.6) is 0 Å². The van der Waals surface area contributed by atoms with E-state index in [9.17, 15) is 9.59 Å². The van der Waals surface area contributed by atoms with Gasteiger partial charge in [-0.25, -0.2) is 0 Å². The van der Waals surface area contributed by atoms with Crippen molar-refractivity contribution in [1.82, 2.24) is 0 Å². The summed E-state index contributed by atoms with van der Waals surface area (Å²) in [5.41, 5.74) is 2.22. The first-order valence-electron chi connectivity index (χ1n) is 6.31. The molecule has 0 unspecified atom stereocenters. The monoisotopic (exact) mass is 259 g/mol. The molecule has 0 fully saturated rings. The van der Waals surface area contributed by atoms with E-state index in [2.05, 4.69) is 6.08 Å². The molecular formula is C18H11O2. The Morgan fingerprint density at radius 3 is 1.85 bits per heavy atom. The highest BCUT2D eigenvalue weighted by atomic mass is 16.1. The van der Waals surface area contributed by atoms with Gasteiger partial charge in [-0.05, 0) is 17.2 Å². The number of rotatable bonds is 2. The molecule has 1 aliphatic carbocycles. The van der Waals surface area contributed by atoms with Crippen molar-refractivity contribution >= 4 is 22.7 Å². The molecule has 2 aromatic rings. The van der Waals surface area contributed by atoms with E-state index < -0.39 is 0 Å². The summed E-state index contributed by atoms with van der Waals surface area (Å²) in [7, 11) is 0. The Labute approximate surface area is 117 Å². The molecule has 0 saturated heterocycles. The molecular weight excluding hydrogens is 248 g/mol. The van der Waals surface area contributed by atoms with Crippen molar-refractivity contribution in [3.8, 4) is 0 Å². The summed E-state index contributed by atoms with van der Waals surface area (Å²) >= 11 is 0. The Kier molecular flexibility index (Phi) is 3.13. The second kappa shape index (κ2) is 5.10. The first-order valence-corrected chi connectivity index (χ1v) is 6.31. The normalized spacial score (nSPS) is 14.8. The van der Waals surface area contributed by atoms with Gasteiger partial charge in [0.15, 0.2) is 11.6 Å². The molecule has 0 heterocycles. The average molecular weight is 259 g/mol. The van der Waals surface area contributed by atoms with Crippen LogP contribution in [0.25, 0.3) is 11.1 Å². The Morgan fingerprint density at radius 2 is 1.25 bits per heavy atom. The van der Waals surface area contributed by atoms with Gasteiger partial charge in [0.25, 0.3) is 0 Å². The van der Waals surface area contributed by atoms with Crippen molar-refractivity contribution in [2.24, 2.45) is 0 Å². The van der Waals surface area contributed by atoms with Crippen LogP contribution in [0.15, 0.2) is 66.7 Å². The topological polar surface area (TPSA) is 34.1 Å². The van der Waals surface area contributed by atoms with E-state index >= 15 is 0 Å². The smallest absolute Gasteiger partial charge is 0.195 e. The Bertz CT molecular complexity index is 661. The van der Waals surface area contributed by atoms with Gasteiger partial charge in [-0.3, -0.25) is 9.59 Å². The van der Waals surface area contributed by atoms with Crippen LogP contribution in [0.3, 0.4) is 0 Å². The molecule has 0 aromatic heterocycles. The third kappa shape index (κ3) is 2.24. The van der Waals surface area contributed by atoms with Crippen molar-refractivity contribution in [3.63, 3.8) is 0 Å². The molecule has 95 valence electrons. The lowest BCUT2D eigenvalue weighted by Crippen LogP contribution is -2.13. The maximum Gasteiger partial charge on any atom is 0.195 e. The Morgan fingerprint density at radius 1 is 0.700 bits per heavy atom. The lowest BCUT2D eigenvalue weighted by molar-refractivity contribution is -0.113. The molecule has 20 heavy (non-hydrogen) atoms. The zero-order valence-corrected chi connectivity index (χ0v) is 10.7. The van der Waals surface area contributed by atoms with Gasteiger partial charge in [-0.15, -0.1) is 0 Å². The van der Waals surface area contributed by atoms with Gasteiger partial charge in [0.05, 0.1) is 0 Å². The minimum absolute atomic E-state index is 0.165. The van der Waals surface area contributed by atoms with Crippen LogP contribution in [0.1, 0.15) is 11.1 Å². The lowest BCUT2D eigenvalue weighted by Gasteiger charge is -2.13. The van der Waals surface area contributed by atoms with Crippen LogP contribution in [0.4, 0.5) is 0 Å². The molecule has 2 nitrogen and oxygen atoms in total. The van der Waals surface area contributed by atoms with E-state index in [0.717, 1.165) is 5.56 Å². The Balaban J connectivity index is 2.05. The number of carbonyl (C=O) groups excluding carboxylic acids is 2. The minimum atomic E-state index is -0.276. The number of benzene rings is 2. The van der Waals surface area contributed by atoms with E-state index in [1.807, 2.05) is 48.5 Å². The third-order valence-corrected chi connectivity index (χ3v) is 3.14. The van der Waals surface area contributed by atoms with Crippen molar-refractivity contribution in [2.75, 3.05) is 0 Å². The molecule has 0 bridgehead atoms. The van der Waals surface area contributed by atoms with E-state index in [-0.39, 0.29) is 11.6 Å². The molecule has 0 aliphatic heterocycles. The van der Waals surface area contributed by atoms with Crippen molar-refractivity contribution in [1.29, 1.82) is 0 Å². The molecule has 0 spiro atoms. The van der Waals surface area contributed by atoms with Crippen molar-refractivity contribution in [3.05, 3.63) is 83.9 Å². The van der Waals surface area contributed by atoms with Gasteiger partial charge >= 0.3 is 0 Å². The van der Waals surface area contributed by atoms with Crippen LogP contribution < -0.4 is 0 Å². The van der Waals surface area contributed by atoms with Crippen molar-refractivity contribution in [2.45, 2.75) is 0 Å². The summed E-state index contributed by atoms with van der Waals surface area (Å²) in [6.07, 6.45) is 3.99.